The summed E-state index contributed by atoms with van der Waals surface area (Å²) < 4.78 is 5.39. The lowest BCUT2D eigenvalue weighted by Gasteiger charge is -2.08. The minimum absolute atomic E-state index is 0.879. The van der Waals surface area contributed by atoms with Gasteiger partial charge in [0.15, 0.2) is 0 Å². The van der Waals surface area contributed by atoms with E-state index in [0.29, 0.717) is 0 Å². The summed E-state index contributed by atoms with van der Waals surface area (Å²) in [6.07, 6.45) is 0. The number of fused-ring (bicyclic) bond motifs is 1. The third-order valence-corrected chi connectivity index (χ3v) is 3.06. The van der Waals surface area contributed by atoms with E-state index in [1.807, 2.05) is 30.3 Å². The van der Waals surface area contributed by atoms with Gasteiger partial charge in [-0.3, -0.25) is 0 Å². The van der Waals surface area contributed by atoms with Gasteiger partial charge >= 0.3 is 0 Å². The van der Waals surface area contributed by atoms with Crippen molar-refractivity contribution in [3.05, 3.63) is 66.7 Å². The predicted octanol–water partition coefficient (Wildman–Crippen LogP) is 4.32. The third-order valence-electron chi connectivity index (χ3n) is 3.06. The molecule has 0 atom stereocenters. The molecule has 0 unspecified atom stereocenters. The van der Waals surface area contributed by atoms with Crippen LogP contribution >= 0.6 is 0 Å². The first-order chi connectivity index (χ1) is 8.88. The average Bonchev–Trinajstić information content (AvgIpc) is 2.46. The number of rotatable bonds is 2. The quantitative estimate of drug-likeness (QED) is 0.640. The van der Waals surface area contributed by atoms with Gasteiger partial charge in [-0.25, -0.2) is 0 Å². The number of benzene rings is 3. The van der Waals surface area contributed by atoms with E-state index in [0.717, 1.165) is 22.3 Å². The molecule has 0 fully saturated rings. The van der Waals surface area contributed by atoms with Crippen LogP contribution in [0.3, 0.4) is 0 Å². The Morgan fingerprint density at radius 2 is 1.61 bits per heavy atom. The molecule has 3 aromatic rings. The molecule has 87 valence electrons. The van der Waals surface area contributed by atoms with Crippen LogP contribution in [-0.2, 0) is 0 Å². The first-order valence-corrected chi connectivity index (χ1v) is 5.93. The number of hydrogen-bond donors (Lipinski definition) is 0. The van der Waals surface area contributed by atoms with Crippen molar-refractivity contribution in [3.8, 4) is 16.9 Å². The molecule has 3 rings (SSSR count). The molecule has 0 bridgehead atoms. The Morgan fingerprint density at radius 3 is 2.50 bits per heavy atom. The maximum absolute atomic E-state index is 5.39. The molecule has 0 heterocycles. The van der Waals surface area contributed by atoms with E-state index in [-0.39, 0.29) is 0 Å². The van der Waals surface area contributed by atoms with Gasteiger partial charge in [0.2, 0.25) is 0 Å². The minimum Gasteiger partial charge on any atom is -0.496 e. The molecule has 1 radical (unpaired) electrons. The van der Waals surface area contributed by atoms with E-state index >= 15 is 0 Å². The van der Waals surface area contributed by atoms with Crippen LogP contribution in [0.1, 0.15) is 0 Å². The lowest BCUT2D eigenvalue weighted by molar-refractivity contribution is 0.416. The number of ether oxygens (including phenoxy) is 1. The Bertz CT molecular complexity index is 686. The summed E-state index contributed by atoms with van der Waals surface area (Å²) in [6, 6.07) is 23.9. The van der Waals surface area contributed by atoms with Crippen molar-refractivity contribution in [2.45, 2.75) is 0 Å². The SMILES string of the molecule is COc1ccccc1-c1[c]c2ccccc2cc1. The van der Waals surface area contributed by atoms with E-state index in [1.54, 1.807) is 7.11 Å². The Labute approximate surface area is 107 Å². The Balaban J connectivity index is 2.19. The minimum atomic E-state index is 0.879. The lowest BCUT2D eigenvalue weighted by atomic mass is 10.0. The molecule has 0 aliphatic heterocycles. The summed E-state index contributed by atoms with van der Waals surface area (Å²) in [5, 5.41) is 2.33. The molecule has 3 aromatic carbocycles. The van der Waals surface area contributed by atoms with Crippen LogP contribution in [0.4, 0.5) is 0 Å². The Kier molecular flexibility index (Phi) is 2.73. The van der Waals surface area contributed by atoms with Gasteiger partial charge in [0, 0.05) is 5.56 Å². The van der Waals surface area contributed by atoms with Crippen LogP contribution in [0, 0.1) is 6.07 Å². The highest BCUT2D eigenvalue weighted by Crippen LogP contribution is 2.30. The van der Waals surface area contributed by atoms with Crippen LogP contribution in [0.15, 0.2) is 60.7 Å². The maximum Gasteiger partial charge on any atom is 0.126 e. The van der Waals surface area contributed by atoms with Gasteiger partial charge in [0.05, 0.1) is 7.11 Å². The number of hydrogen-bond acceptors (Lipinski definition) is 1. The topological polar surface area (TPSA) is 9.23 Å². The summed E-state index contributed by atoms with van der Waals surface area (Å²) in [7, 11) is 1.69. The van der Waals surface area contributed by atoms with Crippen molar-refractivity contribution in [1.82, 2.24) is 0 Å². The van der Waals surface area contributed by atoms with E-state index in [1.165, 1.54) is 5.39 Å². The smallest absolute Gasteiger partial charge is 0.126 e. The fourth-order valence-electron chi connectivity index (χ4n) is 2.14. The highest BCUT2D eigenvalue weighted by atomic mass is 16.5. The normalized spacial score (nSPS) is 10.5. The van der Waals surface area contributed by atoms with Crippen molar-refractivity contribution in [3.63, 3.8) is 0 Å². The van der Waals surface area contributed by atoms with Crippen molar-refractivity contribution in [2.75, 3.05) is 7.11 Å². The summed E-state index contributed by atoms with van der Waals surface area (Å²) in [6.45, 7) is 0. The van der Waals surface area contributed by atoms with E-state index in [4.69, 9.17) is 4.74 Å². The second kappa shape index (κ2) is 4.53. The fourth-order valence-corrected chi connectivity index (χ4v) is 2.14. The molecular formula is C17H13O. The fraction of sp³-hybridized carbons (Fsp3) is 0.0588. The summed E-state index contributed by atoms with van der Waals surface area (Å²) in [5.74, 6) is 0.879. The van der Waals surface area contributed by atoms with Crippen molar-refractivity contribution < 1.29 is 4.74 Å². The second-order valence-electron chi connectivity index (χ2n) is 4.16. The van der Waals surface area contributed by atoms with Gasteiger partial charge in [-0.05, 0) is 28.5 Å². The first-order valence-electron chi connectivity index (χ1n) is 5.93. The highest BCUT2D eigenvalue weighted by Gasteiger charge is 2.05. The van der Waals surface area contributed by atoms with Crippen LogP contribution in [0.5, 0.6) is 5.75 Å². The number of methoxy groups -OCH3 is 1. The zero-order valence-corrected chi connectivity index (χ0v) is 10.2. The Hall–Kier alpha value is -2.28. The molecule has 0 aliphatic carbocycles. The summed E-state index contributed by atoms with van der Waals surface area (Å²) in [4.78, 5) is 0. The molecule has 1 nitrogen and oxygen atoms in total. The standard InChI is InChI=1S/C17H13O/c1-18-17-9-5-4-8-16(17)15-11-10-13-6-2-3-7-14(13)12-15/h2-11H,1H3. The molecule has 0 amide bonds. The van der Waals surface area contributed by atoms with Gasteiger partial charge in [-0.15, -0.1) is 0 Å². The molecular weight excluding hydrogens is 220 g/mol. The van der Waals surface area contributed by atoms with E-state index in [2.05, 4.69) is 36.4 Å². The summed E-state index contributed by atoms with van der Waals surface area (Å²) >= 11 is 0. The molecule has 0 aliphatic rings. The predicted molar refractivity (Wildman–Crippen MR) is 74.8 cm³/mol. The molecule has 0 N–H and O–H groups in total. The Morgan fingerprint density at radius 1 is 0.833 bits per heavy atom. The molecule has 0 aromatic heterocycles. The van der Waals surface area contributed by atoms with Crippen molar-refractivity contribution in [1.29, 1.82) is 0 Å². The van der Waals surface area contributed by atoms with Crippen LogP contribution in [0.2, 0.25) is 0 Å². The van der Waals surface area contributed by atoms with Crippen LogP contribution < -0.4 is 4.74 Å². The van der Waals surface area contributed by atoms with Gasteiger partial charge in [0.25, 0.3) is 0 Å². The second-order valence-corrected chi connectivity index (χ2v) is 4.16. The van der Waals surface area contributed by atoms with Gasteiger partial charge in [-0.1, -0.05) is 54.6 Å². The van der Waals surface area contributed by atoms with E-state index < -0.39 is 0 Å². The monoisotopic (exact) mass is 233 g/mol. The van der Waals surface area contributed by atoms with Gasteiger partial charge in [-0.2, -0.15) is 0 Å². The zero-order chi connectivity index (χ0) is 12.4. The molecule has 0 spiro atoms. The third kappa shape index (κ3) is 1.84. The first kappa shape index (κ1) is 10.8. The average molecular weight is 233 g/mol. The van der Waals surface area contributed by atoms with Crippen LogP contribution in [-0.4, -0.2) is 7.11 Å². The van der Waals surface area contributed by atoms with Crippen molar-refractivity contribution >= 4 is 10.8 Å². The lowest BCUT2D eigenvalue weighted by Crippen LogP contribution is -1.87. The molecule has 1 heteroatoms. The highest BCUT2D eigenvalue weighted by molar-refractivity contribution is 5.87. The van der Waals surface area contributed by atoms with Crippen LogP contribution in [0.25, 0.3) is 21.9 Å². The molecule has 0 saturated carbocycles. The van der Waals surface area contributed by atoms with Gasteiger partial charge in [0.1, 0.15) is 5.75 Å². The molecule has 0 saturated heterocycles. The molecule has 18 heavy (non-hydrogen) atoms. The summed E-state index contributed by atoms with van der Waals surface area (Å²) in [5.41, 5.74) is 2.14. The largest absolute Gasteiger partial charge is 0.496 e. The maximum atomic E-state index is 5.39. The zero-order valence-electron chi connectivity index (χ0n) is 10.2. The number of para-hydroxylation sites is 1. The van der Waals surface area contributed by atoms with E-state index in [9.17, 15) is 0 Å². The van der Waals surface area contributed by atoms with Gasteiger partial charge < -0.3 is 4.74 Å². The van der Waals surface area contributed by atoms with Crippen molar-refractivity contribution in [2.24, 2.45) is 0 Å².